The average Bonchev–Trinajstić information content (AvgIpc) is 2.97. The van der Waals surface area contributed by atoms with Crippen LogP contribution in [0.4, 0.5) is 0 Å². The molecule has 1 aromatic rings. The van der Waals surface area contributed by atoms with Crippen molar-refractivity contribution in [3.05, 3.63) is 12.2 Å². The summed E-state index contributed by atoms with van der Waals surface area (Å²) in [6, 6.07) is 0. The van der Waals surface area contributed by atoms with Crippen molar-refractivity contribution in [2.75, 3.05) is 13.2 Å². The predicted octanol–water partition coefficient (Wildman–Crippen LogP) is -1.93. The third-order valence-electron chi connectivity index (χ3n) is 2.74. The van der Waals surface area contributed by atoms with Gasteiger partial charge in [-0.2, -0.15) is 0 Å². The predicted molar refractivity (Wildman–Crippen MR) is 59.0 cm³/mol. The van der Waals surface area contributed by atoms with Crippen molar-refractivity contribution in [3.63, 3.8) is 0 Å². The Morgan fingerprint density at radius 3 is 2.84 bits per heavy atom. The summed E-state index contributed by atoms with van der Waals surface area (Å²) in [5.41, 5.74) is 0. The number of carbonyl (C=O) groups is 1. The Balaban J connectivity index is 2.13. The van der Waals surface area contributed by atoms with Gasteiger partial charge in [0.1, 0.15) is 24.6 Å². The number of aromatic nitrogens is 3. The van der Waals surface area contributed by atoms with Gasteiger partial charge in [-0.25, -0.2) is 14.5 Å². The molecule has 0 aromatic carbocycles. The Morgan fingerprint density at radius 2 is 2.26 bits per heavy atom. The van der Waals surface area contributed by atoms with Gasteiger partial charge < -0.3 is 24.8 Å². The summed E-state index contributed by atoms with van der Waals surface area (Å²) in [7, 11) is 0. The molecule has 3 N–H and O–H groups in total. The van der Waals surface area contributed by atoms with Crippen LogP contribution in [0, 0.1) is 0 Å². The van der Waals surface area contributed by atoms with E-state index in [1.807, 2.05) is 0 Å². The van der Waals surface area contributed by atoms with Crippen LogP contribution in [0.2, 0.25) is 0 Å². The fourth-order valence-electron chi connectivity index (χ4n) is 1.79. The number of nitrogens with zero attached hydrogens (tertiary/aromatic N) is 3. The summed E-state index contributed by atoms with van der Waals surface area (Å²) in [6.45, 7) is 1.41. The van der Waals surface area contributed by atoms with Gasteiger partial charge in [0.05, 0.1) is 13.2 Å². The molecule has 19 heavy (non-hydrogen) atoms. The van der Waals surface area contributed by atoms with Crippen LogP contribution in [0.1, 0.15) is 23.8 Å². The van der Waals surface area contributed by atoms with E-state index >= 15 is 0 Å². The summed E-state index contributed by atoms with van der Waals surface area (Å²) in [5, 5.41) is 32.2. The van der Waals surface area contributed by atoms with Gasteiger partial charge in [-0.15, -0.1) is 5.10 Å². The molecule has 0 spiro atoms. The summed E-state index contributed by atoms with van der Waals surface area (Å²) >= 11 is 0. The summed E-state index contributed by atoms with van der Waals surface area (Å²) in [6.07, 6.45) is -3.23. The molecule has 4 atom stereocenters. The van der Waals surface area contributed by atoms with Crippen molar-refractivity contribution in [1.82, 2.24) is 14.8 Å². The van der Waals surface area contributed by atoms with Crippen molar-refractivity contribution in [2.45, 2.75) is 31.5 Å². The zero-order valence-electron chi connectivity index (χ0n) is 10.2. The number of carbonyl (C=O) groups excluding carboxylic acids is 1. The minimum atomic E-state index is -1.27. The Labute approximate surface area is 108 Å². The van der Waals surface area contributed by atoms with E-state index in [1.165, 1.54) is 6.33 Å². The third kappa shape index (κ3) is 2.59. The van der Waals surface area contributed by atoms with Gasteiger partial charge in [0.2, 0.25) is 0 Å². The normalized spacial score (nSPS) is 30.5. The minimum absolute atomic E-state index is 0.167. The Hall–Kier alpha value is -1.55. The molecule has 106 valence electrons. The molecular formula is C10H15N3O6. The van der Waals surface area contributed by atoms with Crippen LogP contribution in [0.3, 0.4) is 0 Å². The number of hydrogen-bond acceptors (Lipinski definition) is 8. The fourth-order valence-corrected chi connectivity index (χ4v) is 1.79. The maximum absolute atomic E-state index is 11.4. The molecule has 1 aliphatic rings. The second kappa shape index (κ2) is 5.61. The maximum Gasteiger partial charge on any atom is 0.378 e. The van der Waals surface area contributed by atoms with Crippen LogP contribution in [-0.4, -0.2) is 67.6 Å². The molecule has 0 saturated carbocycles. The molecular weight excluding hydrogens is 258 g/mol. The van der Waals surface area contributed by atoms with E-state index < -0.39 is 37.1 Å². The van der Waals surface area contributed by atoms with Crippen LogP contribution in [0.5, 0.6) is 0 Å². The molecule has 0 radical (unpaired) electrons. The van der Waals surface area contributed by atoms with Gasteiger partial charge in [0.15, 0.2) is 6.23 Å². The summed E-state index contributed by atoms with van der Waals surface area (Å²) in [5.74, 6) is -0.854. The van der Waals surface area contributed by atoms with E-state index in [4.69, 9.17) is 14.6 Å². The average molecular weight is 273 g/mol. The Morgan fingerprint density at radius 1 is 1.53 bits per heavy atom. The quantitative estimate of drug-likeness (QED) is 0.541. The maximum atomic E-state index is 11.4. The molecule has 1 saturated heterocycles. The SMILES string of the molecule is CCOC(=O)c1ncn(C2OC(CO)C(O)C2O)n1. The molecule has 0 bridgehead atoms. The highest BCUT2D eigenvalue weighted by molar-refractivity contribution is 5.84. The van der Waals surface area contributed by atoms with Gasteiger partial charge in [-0.1, -0.05) is 0 Å². The number of aliphatic hydroxyl groups is 3. The monoisotopic (exact) mass is 273 g/mol. The minimum Gasteiger partial charge on any atom is -0.460 e. The number of hydrogen-bond donors (Lipinski definition) is 3. The molecule has 0 amide bonds. The smallest absolute Gasteiger partial charge is 0.378 e. The van der Waals surface area contributed by atoms with E-state index in [-0.39, 0.29) is 12.4 Å². The largest absolute Gasteiger partial charge is 0.460 e. The molecule has 2 rings (SSSR count). The van der Waals surface area contributed by atoms with E-state index in [1.54, 1.807) is 6.92 Å². The first-order valence-electron chi connectivity index (χ1n) is 5.79. The lowest BCUT2D eigenvalue weighted by Gasteiger charge is -2.13. The number of ether oxygens (including phenoxy) is 2. The van der Waals surface area contributed by atoms with Gasteiger partial charge in [0, 0.05) is 0 Å². The molecule has 0 aliphatic carbocycles. The first-order chi connectivity index (χ1) is 9.08. The van der Waals surface area contributed by atoms with Crippen LogP contribution >= 0.6 is 0 Å². The van der Waals surface area contributed by atoms with Crippen LogP contribution < -0.4 is 0 Å². The van der Waals surface area contributed by atoms with E-state index in [0.29, 0.717) is 0 Å². The highest BCUT2D eigenvalue weighted by Crippen LogP contribution is 2.28. The molecule has 2 heterocycles. The van der Waals surface area contributed by atoms with Crippen molar-refractivity contribution in [1.29, 1.82) is 0 Å². The second-order valence-corrected chi connectivity index (χ2v) is 4.00. The Kier molecular flexibility index (Phi) is 4.10. The van der Waals surface area contributed by atoms with E-state index in [2.05, 4.69) is 10.1 Å². The lowest BCUT2D eigenvalue weighted by Crippen LogP contribution is -2.33. The van der Waals surface area contributed by atoms with Crippen molar-refractivity contribution < 1.29 is 29.6 Å². The standard InChI is InChI=1S/C10H15N3O6/c1-2-18-10(17)8-11-4-13(12-8)9-7(16)6(15)5(3-14)19-9/h4-7,9,14-16H,2-3H2,1H3. The zero-order chi connectivity index (χ0) is 14.0. The molecule has 1 aliphatic heterocycles. The lowest BCUT2D eigenvalue weighted by atomic mass is 10.1. The van der Waals surface area contributed by atoms with Crippen molar-refractivity contribution in [3.8, 4) is 0 Å². The number of aliphatic hydroxyl groups excluding tert-OH is 3. The summed E-state index contributed by atoms with van der Waals surface area (Å²) < 4.78 is 11.1. The number of esters is 1. The van der Waals surface area contributed by atoms with Gasteiger partial charge in [-0.3, -0.25) is 0 Å². The molecule has 1 aromatic heterocycles. The molecule has 1 fully saturated rings. The van der Waals surface area contributed by atoms with Crippen LogP contribution in [-0.2, 0) is 9.47 Å². The highest BCUT2D eigenvalue weighted by Gasteiger charge is 2.44. The second-order valence-electron chi connectivity index (χ2n) is 4.00. The Bertz CT molecular complexity index is 450. The molecule has 9 heteroatoms. The van der Waals surface area contributed by atoms with Crippen LogP contribution in [0.25, 0.3) is 0 Å². The fraction of sp³-hybridized carbons (Fsp3) is 0.700. The highest BCUT2D eigenvalue weighted by atomic mass is 16.6. The zero-order valence-corrected chi connectivity index (χ0v) is 10.2. The van der Waals surface area contributed by atoms with Crippen LogP contribution in [0.15, 0.2) is 6.33 Å². The van der Waals surface area contributed by atoms with Gasteiger partial charge in [-0.05, 0) is 6.92 Å². The third-order valence-corrected chi connectivity index (χ3v) is 2.74. The molecule has 4 unspecified atom stereocenters. The summed E-state index contributed by atoms with van der Waals surface area (Å²) in [4.78, 5) is 15.1. The van der Waals surface area contributed by atoms with Crippen molar-refractivity contribution in [2.24, 2.45) is 0 Å². The topological polar surface area (TPSA) is 127 Å². The first kappa shape index (κ1) is 13.9. The first-order valence-corrected chi connectivity index (χ1v) is 5.79. The van der Waals surface area contributed by atoms with Gasteiger partial charge in [0.25, 0.3) is 5.82 Å². The molecule has 9 nitrogen and oxygen atoms in total. The number of rotatable bonds is 4. The lowest BCUT2D eigenvalue weighted by molar-refractivity contribution is -0.0589. The van der Waals surface area contributed by atoms with E-state index in [9.17, 15) is 15.0 Å². The van der Waals surface area contributed by atoms with Crippen molar-refractivity contribution >= 4 is 5.97 Å². The van der Waals surface area contributed by atoms with E-state index in [0.717, 1.165) is 4.68 Å². The van der Waals surface area contributed by atoms with Gasteiger partial charge >= 0.3 is 5.97 Å².